The van der Waals surface area contributed by atoms with Crippen molar-refractivity contribution in [1.82, 2.24) is 29.4 Å². The average Bonchev–Trinajstić information content (AvgIpc) is 3.04. The third kappa shape index (κ3) is 2.71. The molecule has 1 N–H and O–H groups in total. The van der Waals surface area contributed by atoms with Gasteiger partial charge >= 0.3 is 6.18 Å². The molecular weight excluding hydrogens is 299 g/mol. The van der Waals surface area contributed by atoms with Crippen molar-refractivity contribution in [2.75, 3.05) is 11.9 Å². The molecule has 0 aliphatic rings. The number of rotatable bonds is 4. The van der Waals surface area contributed by atoms with Gasteiger partial charge in [-0.2, -0.15) is 17.7 Å². The van der Waals surface area contributed by atoms with Crippen molar-refractivity contribution in [3.63, 3.8) is 0 Å². The molecule has 0 radical (unpaired) electrons. The molecule has 22 heavy (non-hydrogen) atoms. The molecule has 0 atom stereocenters. The van der Waals surface area contributed by atoms with Crippen LogP contribution in [0, 0.1) is 0 Å². The molecule has 3 aromatic heterocycles. The quantitative estimate of drug-likeness (QED) is 0.791. The van der Waals surface area contributed by atoms with Crippen molar-refractivity contribution >= 4 is 11.5 Å². The minimum absolute atomic E-state index is 0.0458. The Morgan fingerprint density at radius 1 is 1.23 bits per heavy atom. The summed E-state index contributed by atoms with van der Waals surface area (Å²) in [5, 5.41) is 13.4. The van der Waals surface area contributed by atoms with Gasteiger partial charge in [-0.3, -0.25) is 0 Å². The molecule has 0 fully saturated rings. The Hall–Kier alpha value is -2.65. The SMILES string of the molecule is Cn1cncc1CCNc1ccc2nnc(C(F)(F)F)n2n1. The van der Waals surface area contributed by atoms with Crippen LogP contribution >= 0.6 is 0 Å². The molecule has 0 aliphatic heterocycles. The molecule has 0 unspecified atom stereocenters. The van der Waals surface area contributed by atoms with Gasteiger partial charge in [0, 0.05) is 31.9 Å². The van der Waals surface area contributed by atoms with E-state index in [1.165, 1.54) is 6.07 Å². The minimum atomic E-state index is -4.60. The van der Waals surface area contributed by atoms with Crippen molar-refractivity contribution < 1.29 is 13.2 Å². The van der Waals surface area contributed by atoms with Crippen molar-refractivity contribution in [2.45, 2.75) is 12.6 Å². The van der Waals surface area contributed by atoms with E-state index in [4.69, 9.17) is 0 Å². The Labute approximate surface area is 122 Å². The fraction of sp³-hybridized carbons (Fsp3) is 0.333. The first-order chi connectivity index (χ1) is 10.4. The van der Waals surface area contributed by atoms with Gasteiger partial charge in [-0.05, 0) is 12.1 Å². The van der Waals surface area contributed by atoms with E-state index in [9.17, 15) is 13.2 Å². The maximum absolute atomic E-state index is 12.8. The predicted molar refractivity (Wildman–Crippen MR) is 71.2 cm³/mol. The number of aryl methyl sites for hydroxylation is 1. The summed E-state index contributed by atoms with van der Waals surface area (Å²) in [5.41, 5.74) is 1.05. The third-order valence-electron chi connectivity index (χ3n) is 3.12. The molecule has 0 saturated heterocycles. The highest BCUT2D eigenvalue weighted by molar-refractivity contribution is 5.44. The molecule has 116 valence electrons. The Balaban J connectivity index is 1.76. The van der Waals surface area contributed by atoms with E-state index in [1.807, 2.05) is 11.6 Å². The maximum atomic E-state index is 12.8. The maximum Gasteiger partial charge on any atom is 0.453 e. The zero-order valence-electron chi connectivity index (χ0n) is 11.5. The fourth-order valence-corrected chi connectivity index (χ4v) is 2.00. The number of anilines is 1. The fourth-order valence-electron chi connectivity index (χ4n) is 2.00. The van der Waals surface area contributed by atoms with Gasteiger partial charge < -0.3 is 9.88 Å². The second-order valence-corrected chi connectivity index (χ2v) is 4.68. The summed E-state index contributed by atoms with van der Waals surface area (Å²) in [6.45, 7) is 0.515. The molecule has 10 heteroatoms. The van der Waals surface area contributed by atoms with Crippen LogP contribution in [-0.2, 0) is 19.6 Å². The number of alkyl halides is 3. The van der Waals surface area contributed by atoms with Crippen LogP contribution < -0.4 is 5.32 Å². The number of halogens is 3. The van der Waals surface area contributed by atoms with Crippen molar-refractivity contribution in [1.29, 1.82) is 0 Å². The van der Waals surface area contributed by atoms with Crippen LogP contribution in [0.15, 0.2) is 24.7 Å². The van der Waals surface area contributed by atoms with Crippen molar-refractivity contribution in [2.24, 2.45) is 7.05 Å². The highest BCUT2D eigenvalue weighted by Gasteiger charge is 2.37. The molecule has 0 spiro atoms. The molecule has 0 aromatic carbocycles. The first-order valence-corrected chi connectivity index (χ1v) is 6.44. The first kappa shape index (κ1) is 14.3. The molecule has 3 heterocycles. The Morgan fingerprint density at radius 2 is 2.05 bits per heavy atom. The lowest BCUT2D eigenvalue weighted by Gasteiger charge is -2.07. The molecule has 0 amide bonds. The summed E-state index contributed by atoms with van der Waals surface area (Å²) in [6, 6.07) is 3.00. The second kappa shape index (κ2) is 5.28. The van der Waals surface area contributed by atoms with Crippen LogP contribution in [0.3, 0.4) is 0 Å². The van der Waals surface area contributed by atoms with Gasteiger partial charge in [-0.1, -0.05) is 0 Å². The van der Waals surface area contributed by atoms with Crippen LogP contribution in [-0.4, -0.2) is 35.9 Å². The normalized spacial score (nSPS) is 12.0. The highest BCUT2D eigenvalue weighted by Crippen LogP contribution is 2.27. The Bertz CT molecular complexity index is 789. The third-order valence-corrected chi connectivity index (χ3v) is 3.12. The molecule has 3 aromatic rings. The highest BCUT2D eigenvalue weighted by atomic mass is 19.4. The van der Waals surface area contributed by atoms with Crippen LogP contribution in [0.2, 0.25) is 0 Å². The summed E-state index contributed by atoms with van der Waals surface area (Å²) in [4.78, 5) is 3.99. The van der Waals surface area contributed by atoms with Crippen molar-refractivity contribution in [3.05, 3.63) is 36.2 Å². The summed E-state index contributed by atoms with van der Waals surface area (Å²) in [5.74, 6) is -0.822. The van der Waals surface area contributed by atoms with E-state index in [-0.39, 0.29) is 5.65 Å². The molecule has 0 saturated carbocycles. The smallest absolute Gasteiger partial charge is 0.368 e. The van der Waals surface area contributed by atoms with Crippen LogP contribution in [0.4, 0.5) is 19.0 Å². The standard InChI is InChI=1S/C12H12F3N7/c1-21-7-16-6-8(21)4-5-17-9-2-3-10-18-19-11(12(13,14)15)22(10)20-9/h2-3,6-7H,4-5H2,1H3,(H,17,20). The van der Waals surface area contributed by atoms with E-state index >= 15 is 0 Å². The monoisotopic (exact) mass is 311 g/mol. The van der Waals surface area contributed by atoms with Crippen LogP contribution in [0.5, 0.6) is 0 Å². The number of fused-ring (bicyclic) bond motifs is 1. The molecule has 0 aliphatic carbocycles. The summed E-state index contributed by atoms with van der Waals surface area (Å²) in [7, 11) is 1.87. The Morgan fingerprint density at radius 3 is 2.73 bits per heavy atom. The minimum Gasteiger partial charge on any atom is -0.368 e. The van der Waals surface area contributed by atoms with Gasteiger partial charge in [0.2, 0.25) is 0 Å². The molecular formula is C12H12F3N7. The van der Waals surface area contributed by atoms with Crippen LogP contribution in [0.1, 0.15) is 11.5 Å². The summed E-state index contributed by atoms with van der Waals surface area (Å²) >= 11 is 0. The molecule has 0 bridgehead atoms. The second-order valence-electron chi connectivity index (χ2n) is 4.68. The summed E-state index contributed by atoms with van der Waals surface area (Å²) in [6.07, 6.45) is -0.503. The Kier molecular flexibility index (Phi) is 3.43. The summed E-state index contributed by atoms with van der Waals surface area (Å²) < 4.78 is 40.9. The lowest BCUT2D eigenvalue weighted by molar-refractivity contribution is -0.146. The van der Waals surface area contributed by atoms with E-state index < -0.39 is 12.0 Å². The average molecular weight is 311 g/mol. The lowest BCUT2D eigenvalue weighted by Crippen LogP contribution is -2.14. The van der Waals surface area contributed by atoms with Crippen molar-refractivity contribution in [3.8, 4) is 0 Å². The van der Waals surface area contributed by atoms with Gasteiger partial charge in [-0.15, -0.1) is 15.3 Å². The zero-order valence-corrected chi connectivity index (χ0v) is 11.5. The van der Waals surface area contributed by atoms with Gasteiger partial charge in [0.05, 0.1) is 6.33 Å². The number of aromatic nitrogens is 6. The molecule has 3 rings (SSSR count). The van der Waals surface area contributed by atoms with Gasteiger partial charge in [-0.25, -0.2) is 4.98 Å². The van der Waals surface area contributed by atoms with E-state index in [1.54, 1.807) is 18.6 Å². The number of nitrogens with one attached hydrogen (secondary N) is 1. The van der Waals surface area contributed by atoms with Gasteiger partial charge in [0.1, 0.15) is 5.82 Å². The van der Waals surface area contributed by atoms with E-state index in [0.717, 1.165) is 5.69 Å². The topological polar surface area (TPSA) is 72.9 Å². The number of hydrogen-bond donors (Lipinski definition) is 1. The van der Waals surface area contributed by atoms with E-state index in [0.29, 0.717) is 23.3 Å². The largest absolute Gasteiger partial charge is 0.453 e. The number of nitrogens with zero attached hydrogens (tertiary/aromatic N) is 6. The zero-order chi connectivity index (χ0) is 15.7. The number of imidazole rings is 1. The van der Waals surface area contributed by atoms with Gasteiger partial charge in [0.15, 0.2) is 5.65 Å². The van der Waals surface area contributed by atoms with Crippen LogP contribution in [0.25, 0.3) is 5.65 Å². The molecule has 7 nitrogen and oxygen atoms in total. The van der Waals surface area contributed by atoms with E-state index in [2.05, 4.69) is 25.6 Å². The number of hydrogen-bond acceptors (Lipinski definition) is 5. The predicted octanol–water partition coefficient (Wildman–Crippen LogP) is 1.53. The first-order valence-electron chi connectivity index (χ1n) is 6.44. The van der Waals surface area contributed by atoms with Gasteiger partial charge in [0.25, 0.3) is 5.82 Å². The lowest BCUT2D eigenvalue weighted by atomic mass is 10.3.